The van der Waals surface area contributed by atoms with E-state index < -0.39 is 0 Å². The molecule has 6 heteroatoms. The van der Waals surface area contributed by atoms with Crippen molar-refractivity contribution in [2.45, 2.75) is 25.8 Å². The number of amides is 1. The standard InChI is InChI=1S/C12H15ClN4O/c1-7-5-15-12(13)16-10(7)17-4-2-3-8-9(17)6-14-11(8)18/h5,8-9H,2-4,6H2,1H3,(H,14,18). The smallest absolute Gasteiger partial charge is 0.225 e. The van der Waals surface area contributed by atoms with Gasteiger partial charge in [-0.25, -0.2) is 9.97 Å². The Labute approximate surface area is 111 Å². The maximum absolute atomic E-state index is 11.7. The first-order valence-corrected chi connectivity index (χ1v) is 6.58. The van der Waals surface area contributed by atoms with Crippen LogP contribution in [0.2, 0.25) is 5.28 Å². The van der Waals surface area contributed by atoms with E-state index in [0.29, 0.717) is 6.54 Å². The van der Waals surface area contributed by atoms with Crippen LogP contribution in [0, 0.1) is 12.8 Å². The first kappa shape index (κ1) is 11.7. The lowest BCUT2D eigenvalue weighted by Gasteiger charge is -2.37. The van der Waals surface area contributed by atoms with Crippen LogP contribution in [0.4, 0.5) is 5.82 Å². The summed E-state index contributed by atoms with van der Waals surface area (Å²) in [7, 11) is 0. The lowest BCUT2D eigenvalue weighted by molar-refractivity contribution is -0.122. The normalized spacial score (nSPS) is 27.0. The molecule has 0 bridgehead atoms. The molecule has 2 aliphatic heterocycles. The lowest BCUT2D eigenvalue weighted by atomic mass is 9.91. The van der Waals surface area contributed by atoms with Crippen molar-refractivity contribution in [2.75, 3.05) is 18.0 Å². The molecule has 18 heavy (non-hydrogen) atoms. The highest BCUT2D eigenvalue weighted by Crippen LogP contribution is 2.32. The second kappa shape index (κ2) is 4.39. The number of anilines is 1. The highest BCUT2D eigenvalue weighted by Gasteiger charge is 2.41. The number of aryl methyl sites for hydroxylation is 1. The molecule has 1 amide bonds. The molecule has 2 atom stereocenters. The van der Waals surface area contributed by atoms with Crippen molar-refractivity contribution in [3.05, 3.63) is 17.0 Å². The van der Waals surface area contributed by atoms with Crippen LogP contribution in [-0.2, 0) is 4.79 Å². The van der Waals surface area contributed by atoms with E-state index >= 15 is 0 Å². The topological polar surface area (TPSA) is 58.1 Å². The van der Waals surface area contributed by atoms with Crippen molar-refractivity contribution in [3.8, 4) is 0 Å². The molecule has 0 saturated carbocycles. The van der Waals surface area contributed by atoms with Crippen LogP contribution in [0.15, 0.2) is 6.20 Å². The fourth-order valence-electron chi connectivity index (χ4n) is 2.92. The summed E-state index contributed by atoms with van der Waals surface area (Å²) in [4.78, 5) is 22.2. The highest BCUT2D eigenvalue weighted by molar-refractivity contribution is 6.28. The number of piperidine rings is 1. The Kier molecular flexibility index (Phi) is 2.86. The van der Waals surface area contributed by atoms with E-state index in [2.05, 4.69) is 20.2 Å². The summed E-state index contributed by atoms with van der Waals surface area (Å²) in [5.74, 6) is 1.12. The maximum Gasteiger partial charge on any atom is 0.225 e. The number of hydrogen-bond donors (Lipinski definition) is 1. The number of carbonyl (C=O) groups excluding carboxylic acids is 1. The van der Waals surface area contributed by atoms with Crippen LogP contribution in [0.25, 0.3) is 0 Å². The molecule has 2 unspecified atom stereocenters. The first-order chi connectivity index (χ1) is 8.66. The number of halogens is 1. The molecule has 1 aromatic rings. The van der Waals surface area contributed by atoms with E-state index in [1.54, 1.807) is 6.20 Å². The van der Waals surface area contributed by atoms with Crippen molar-refractivity contribution in [3.63, 3.8) is 0 Å². The van der Waals surface area contributed by atoms with Gasteiger partial charge in [-0.3, -0.25) is 4.79 Å². The predicted octanol–water partition coefficient (Wildman–Crippen LogP) is 1.15. The summed E-state index contributed by atoms with van der Waals surface area (Å²) in [6.07, 6.45) is 3.71. The average Bonchev–Trinajstić information content (AvgIpc) is 2.75. The predicted molar refractivity (Wildman–Crippen MR) is 68.6 cm³/mol. The van der Waals surface area contributed by atoms with Crippen molar-refractivity contribution in [1.82, 2.24) is 15.3 Å². The summed E-state index contributed by atoms with van der Waals surface area (Å²) in [6.45, 7) is 3.59. The third-order valence-corrected chi connectivity index (χ3v) is 3.97. The summed E-state index contributed by atoms with van der Waals surface area (Å²) < 4.78 is 0. The van der Waals surface area contributed by atoms with E-state index in [1.165, 1.54) is 0 Å². The summed E-state index contributed by atoms with van der Waals surface area (Å²) >= 11 is 5.88. The molecule has 0 spiro atoms. The zero-order valence-electron chi connectivity index (χ0n) is 10.2. The van der Waals surface area contributed by atoms with Gasteiger partial charge in [0.15, 0.2) is 0 Å². The zero-order chi connectivity index (χ0) is 12.7. The van der Waals surface area contributed by atoms with Crippen molar-refractivity contribution in [2.24, 2.45) is 5.92 Å². The molecular formula is C12H15ClN4O. The molecule has 1 aromatic heterocycles. The second-order valence-electron chi connectivity index (χ2n) is 4.90. The molecule has 5 nitrogen and oxygen atoms in total. The number of aromatic nitrogens is 2. The van der Waals surface area contributed by atoms with Crippen LogP contribution >= 0.6 is 11.6 Å². The largest absolute Gasteiger partial charge is 0.354 e. The van der Waals surface area contributed by atoms with Gasteiger partial charge < -0.3 is 10.2 Å². The zero-order valence-corrected chi connectivity index (χ0v) is 10.9. The van der Waals surface area contributed by atoms with Crippen molar-refractivity contribution < 1.29 is 4.79 Å². The third-order valence-electron chi connectivity index (χ3n) is 3.79. The van der Waals surface area contributed by atoms with E-state index in [0.717, 1.165) is 30.8 Å². The van der Waals surface area contributed by atoms with Gasteiger partial charge in [0, 0.05) is 24.8 Å². The molecule has 0 aromatic carbocycles. The van der Waals surface area contributed by atoms with Crippen LogP contribution in [-0.4, -0.2) is 35.0 Å². The Bertz CT molecular complexity index is 493. The monoisotopic (exact) mass is 266 g/mol. The van der Waals surface area contributed by atoms with Gasteiger partial charge in [-0.2, -0.15) is 0 Å². The highest BCUT2D eigenvalue weighted by atomic mass is 35.5. The number of nitrogens with one attached hydrogen (secondary N) is 1. The van der Waals surface area contributed by atoms with Crippen molar-refractivity contribution in [1.29, 1.82) is 0 Å². The van der Waals surface area contributed by atoms with Gasteiger partial charge in [-0.05, 0) is 31.4 Å². The van der Waals surface area contributed by atoms with Gasteiger partial charge in [0.2, 0.25) is 11.2 Å². The number of nitrogens with zero attached hydrogens (tertiary/aromatic N) is 3. The van der Waals surface area contributed by atoms with Gasteiger partial charge >= 0.3 is 0 Å². The quantitative estimate of drug-likeness (QED) is 0.775. The molecule has 0 aliphatic carbocycles. The van der Waals surface area contributed by atoms with E-state index in [1.807, 2.05) is 6.92 Å². The van der Waals surface area contributed by atoms with Crippen LogP contribution in [0.3, 0.4) is 0 Å². The number of carbonyl (C=O) groups is 1. The molecule has 0 radical (unpaired) electrons. The summed E-state index contributed by atoms with van der Waals surface area (Å²) in [5, 5.41) is 3.20. The molecule has 2 fully saturated rings. The van der Waals surface area contributed by atoms with E-state index in [4.69, 9.17) is 11.6 Å². The Hall–Kier alpha value is -1.36. The number of hydrogen-bond acceptors (Lipinski definition) is 4. The second-order valence-corrected chi connectivity index (χ2v) is 5.24. The van der Waals surface area contributed by atoms with Gasteiger partial charge in [-0.1, -0.05) is 0 Å². The van der Waals surface area contributed by atoms with E-state index in [-0.39, 0.29) is 23.2 Å². The molecule has 96 valence electrons. The minimum Gasteiger partial charge on any atom is -0.354 e. The number of rotatable bonds is 1. The summed E-state index contributed by atoms with van der Waals surface area (Å²) in [5.41, 5.74) is 0.999. The van der Waals surface area contributed by atoms with Gasteiger partial charge in [-0.15, -0.1) is 0 Å². The first-order valence-electron chi connectivity index (χ1n) is 6.20. The number of fused-ring (bicyclic) bond motifs is 1. The SMILES string of the molecule is Cc1cnc(Cl)nc1N1CCCC2C(=O)NCC21. The Morgan fingerprint density at radius 3 is 3.22 bits per heavy atom. The molecule has 2 saturated heterocycles. The lowest BCUT2D eigenvalue weighted by Crippen LogP contribution is -2.46. The van der Waals surface area contributed by atoms with Crippen LogP contribution in [0.5, 0.6) is 0 Å². The molecule has 1 N–H and O–H groups in total. The van der Waals surface area contributed by atoms with Crippen LogP contribution < -0.4 is 10.2 Å². The summed E-state index contributed by atoms with van der Waals surface area (Å²) in [6, 6.07) is 0.205. The van der Waals surface area contributed by atoms with Crippen molar-refractivity contribution >= 4 is 23.3 Å². The fraction of sp³-hybridized carbons (Fsp3) is 0.583. The maximum atomic E-state index is 11.7. The molecular weight excluding hydrogens is 252 g/mol. The fourth-order valence-corrected chi connectivity index (χ4v) is 3.05. The van der Waals surface area contributed by atoms with Gasteiger partial charge in [0.1, 0.15) is 5.82 Å². The minimum atomic E-state index is 0.0897. The van der Waals surface area contributed by atoms with Crippen LogP contribution in [0.1, 0.15) is 18.4 Å². The van der Waals surface area contributed by atoms with Gasteiger partial charge in [0.25, 0.3) is 0 Å². The Morgan fingerprint density at radius 2 is 2.39 bits per heavy atom. The molecule has 3 rings (SSSR count). The Balaban J connectivity index is 1.95. The minimum absolute atomic E-state index is 0.0897. The molecule has 3 heterocycles. The Morgan fingerprint density at radius 1 is 1.56 bits per heavy atom. The third kappa shape index (κ3) is 1.82. The average molecular weight is 267 g/mol. The molecule has 2 aliphatic rings. The van der Waals surface area contributed by atoms with Gasteiger partial charge in [0.05, 0.1) is 12.0 Å². The van der Waals surface area contributed by atoms with E-state index in [9.17, 15) is 4.79 Å².